The third-order valence-corrected chi connectivity index (χ3v) is 2.69. The van der Waals surface area contributed by atoms with E-state index in [1.165, 1.54) is 0 Å². The molecule has 0 saturated heterocycles. The highest BCUT2D eigenvalue weighted by atomic mass is 35.5. The Balaban J connectivity index is -0.000000845. The minimum Gasteiger partial charge on any atom is -0.395 e. The van der Waals surface area contributed by atoms with Gasteiger partial charge in [-0.3, -0.25) is 4.90 Å². The Morgan fingerprint density at radius 1 is 1.00 bits per heavy atom. The van der Waals surface area contributed by atoms with Crippen molar-refractivity contribution >= 4 is 24.8 Å². The van der Waals surface area contributed by atoms with Gasteiger partial charge in [0, 0.05) is 25.2 Å². The van der Waals surface area contributed by atoms with Crippen LogP contribution < -0.4 is 5.73 Å². The minimum absolute atomic E-state index is 0. The summed E-state index contributed by atoms with van der Waals surface area (Å²) in [6.45, 7) is 5.63. The first kappa shape index (κ1) is 21.7. The van der Waals surface area contributed by atoms with Gasteiger partial charge in [-0.15, -0.1) is 24.8 Å². The van der Waals surface area contributed by atoms with Gasteiger partial charge < -0.3 is 15.9 Å². The maximum atomic E-state index is 9.20. The number of aliphatic hydroxyl groups is 2. The zero-order chi connectivity index (χ0) is 11.0. The van der Waals surface area contributed by atoms with Gasteiger partial charge in [0.25, 0.3) is 0 Å². The normalized spacial score (nSPS) is 13.9. The topological polar surface area (TPSA) is 69.7 Å². The SMILES string of the molecule is CC[C@@H](CO)N(CCN)[C@@H](CC)CO.Cl.Cl. The predicted molar refractivity (Wildman–Crippen MR) is 72.6 cm³/mol. The van der Waals surface area contributed by atoms with Crippen LogP contribution in [-0.2, 0) is 0 Å². The molecule has 0 spiro atoms. The van der Waals surface area contributed by atoms with Gasteiger partial charge in [0.05, 0.1) is 13.2 Å². The summed E-state index contributed by atoms with van der Waals surface area (Å²) in [5.74, 6) is 0. The van der Waals surface area contributed by atoms with E-state index < -0.39 is 0 Å². The molecule has 0 aliphatic heterocycles. The standard InChI is InChI=1S/C10H24N2O2.2ClH/c1-3-9(7-13)12(6-5-11)10(4-2)8-14;;/h9-10,13-14H,3-8,11H2,1-2H3;2*1H/t9-,10-;;/m0../s1. The molecule has 0 saturated carbocycles. The second-order valence-corrected chi connectivity index (χ2v) is 3.52. The first-order valence-electron chi connectivity index (χ1n) is 5.42. The lowest BCUT2D eigenvalue weighted by atomic mass is 10.1. The second kappa shape index (κ2) is 13.5. The average Bonchev–Trinajstić information content (AvgIpc) is 2.21. The number of rotatable bonds is 8. The number of hydrogen-bond acceptors (Lipinski definition) is 4. The van der Waals surface area contributed by atoms with Crippen LogP contribution in [0.2, 0.25) is 0 Å². The molecule has 102 valence electrons. The van der Waals surface area contributed by atoms with E-state index in [0.29, 0.717) is 6.54 Å². The fraction of sp³-hybridized carbons (Fsp3) is 1.00. The van der Waals surface area contributed by atoms with Crippen molar-refractivity contribution in [2.24, 2.45) is 5.73 Å². The van der Waals surface area contributed by atoms with Gasteiger partial charge in [0.15, 0.2) is 0 Å². The largest absolute Gasteiger partial charge is 0.395 e. The zero-order valence-electron chi connectivity index (χ0n) is 10.1. The first-order valence-corrected chi connectivity index (χ1v) is 5.42. The van der Waals surface area contributed by atoms with E-state index >= 15 is 0 Å². The van der Waals surface area contributed by atoms with Crippen LogP contribution in [-0.4, -0.2) is 53.5 Å². The fourth-order valence-corrected chi connectivity index (χ4v) is 1.75. The van der Waals surface area contributed by atoms with E-state index in [2.05, 4.69) is 4.90 Å². The van der Waals surface area contributed by atoms with Crippen molar-refractivity contribution in [1.29, 1.82) is 0 Å². The highest BCUT2D eigenvalue weighted by Gasteiger charge is 2.22. The van der Waals surface area contributed by atoms with Crippen molar-refractivity contribution in [3.05, 3.63) is 0 Å². The summed E-state index contributed by atoms with van der Waals surface area (Å²) in [5.41, 5.74) is 5.52. The van der Waals surface area contributed by atoms with E-state index in [0.717, 1.165) is 19.4 Å². The lowest BCUT2D eigenvalue weighted by molar-refractivity contribution is 0.0505. The molecule has 4 nitrogen and oxygen atoms in total. The number of hydrogen-bond donors (Lipinski definition) is 3. The maximum absolute atomic E-state index is 9.20. The van der Waals surface area contributed by atoms with Gasteiger partial charge in [-0.05, 0) is 12.8 Å². The molecule has 0 aliphatic carbocycles. The molecular formula is C10H26Cl2N2O2. The van der Waals surface area contributed by atoms with E-state index in [1.54, 1.807) is 0 Å². The van der Waals surface area contributed by atoms with Crippen molar-refractivity contribution < 1.29 is 10.2 Å². The Hall–Kier alpha value is 0.420. The quantitative estimate of drug-likeness (QED) is 0.609. The molecule has 0 bridgehead atoms. The van der Waals surface area contributed by atoms with Crippen LogP contribution >= 0.6 is 24.8 Å². The minimum atomic E-state index is 0. The lowest BCUT2D eigenvalue weighted by Crippen LogP contribution is -2.48. The second-order valence-electron chi connectivity index (χ2n) is 3.52. The van der Waals surface area contributed by atoms with Crippen LogP contribution in [0.25, 0.3) is 0 Å². The summed E-state index contributed by atoms with van der Waals surface area (Å²) in [6, 6.07) is 0.242. The van der Waals surface area contributed by atoms with Crippen LogP contribution in [0.3, 0.4) is 0 Å². The molecule has 0 heterocycles. The molecular weight excluding hydrogens is 251 g/mol. The van der Waals surface area contributed by atoms with Crippen molar-refractivity contribution in [3.63, 3.8) is 0 Å². The van der Waals surface area contributed by atoms with E-state index in [4.69, 9.17) is 5.73 Å². The number of halogens is 2. The maximum Gasteiger partial charge on any atom is 0.0586 e. The molecule has 0 aromatic rings. The molecule has 6 heteroatoms. The van der Waals surface area contributed by atoms with Crippen LogP contribution in [0, 0.1) is 0 Å². The monoisotopic (exact) mass is 276 g/mol. The summed E-state index contributed by atoms with van der Waals surface area (Å²) in [5, 5.41) is 18.4. The molecule has 0 aliphatic rings. The Morgan fingerprint density at radius 3 is 1.56 bits per heavy atom. The highest BCUT2D eigenvalue weighted by molar-refractivity contribution is 5.85. The zero-order valence-corrected chi connectivity index (χ0v) is 11.8. The van der Waals surface area contributed by atoms with Crippen LogP contribution in [0.4, 0.5) is 0 Å². The molecule has 0 fully saturated rings. The number of nitrogens with zero attached hydrogens (tertiary/aromatic N) is 1. The Morgan fingerprint density at radius 2 is 1.38 bits per heavy atom. The fourth-order valence-electron chi connectivity index (χ4n) is 1.75. The summed E-state index contributed by atoms with van der Waals surface area (Å²) in [7, 11) is 0. The third-order valence-electron chi connectivity index (χ3n) is 2.69. The van der Waals surface area contributed by atoms with Gasteiger partial charge in [-0.25, -0.2) is 0 Å². The van der Waals surface area contributed by atoms with Crippen molar-refractivity contribution in [1.82, 2.24) is 4.90 Å². The molecule has 0 unspecified atom stereocenters. The molecule has 2 atom stereocenters. The highest BCUT2D eigenvalue weighted by Crippen LogP contribution is 2.10. The molecule has 4 N–H and O–H groups in total. The van der Waals surface area contributed by atoms with Gasteiger partial charge in [0.2, 0.25) is 0 Å². The van der Waals surface area contributed by atoms with Crippen molar-refractivity contribution in [2.75, 3.05) is 26.3 Å². The molecule has 0 radical (unpaired) electrons. The van der Waals surface area contributed by atoms with Crippen molar-refractivity contribution in [3.8, 4) is 0 Å². The van der Waals surface area contributed by atoms with Gasteiger partial charge >= 0.3 is 0 Å². The van der Waals surface area contributed by atoms with E-state index in [9.17, 15) is 10.2 Å². The molecule has 0 rings (SSSR count). The smallest absolute Gasteiger partial charge is 0.0586 e. The molecule has 0 amide bonds. The van der Waals surface area contributed by atoms with E-state index in [-0.39, 0.29) is 50.1 Å². The number of nitrogens with two attached hydrogens (primary N) is 1. The predicted octanol–water partition coefficient (Wildman–Crippen LogP) is 0.633. The van der Waals surface area contributed by atoms with Gasteiger partial charge in [-0.1, -0.05) is 13.8 Å². The Kier molecular flexibility index (Phi) is 18.3. The third kappa shape index (κ3) is 6.89. The first-order chi connectivity index (χ1) is 6.74. The average molecular weight is 277 g/mol. The van der Waals surface area contributed by atoms with E-state index in [1.807, 2.05) is 13.8 Å². The lowest BCUT2D eigenvalue weighted by Gasteiger charge is -2.35. The molecule has 16 heavy (non-hydrogen) atoms. The summed E-state index contributed by atoms with van der Waals surface area (Å²) < 4.78 is 0. The van der Waals surface area contributed by atoms with Crippen LogP contribution in [0.5, 0.6) is 0 Å². The van der Waals surface area contributed by atoms with Crippen molar-refractivity contribution in [2.45, 2.75) is 38.8 Å². The Labute approximate surface area is 111 Å². The van der Waals surface area contributed by atoms with Crippen LogP contribution in [0.1, 0.15) is 26.7 Å². The summed E-state index contributed by atoms with van der Waals surface area (Å²) in [6.07, 6.45) is 1.76. The number of aliphatic hydroxyl groups excluding tert-OH is 2. The van der Waals surface area contributed by atoms with Crippen LogP contribution in [0.15, 0.2) is 0 Å². The molecule has 0 aromatic carbocycles. The summed E-state index contributed by atoms with van der Waals surface area (Å²) in [4.78, 5) is 2.11. The van der Waals surface area contributed by atoms with Gasteiger partial charge in [0.1, 0.15) is 0 Å². The Bertz CT molecular complexity index is 122. The summed E-state index contributed by atoms with van der Waals surface area (Å²) >= 11 is 0. The van der Waals surface area contributed by atoms with Gasteiger partial charge in [-0.2, -0.15) is 0 Å². The molecule has 0 aromatic heterocycles.